The Morgan fingerprint density at radius 2 is 1.94 bits per heavy atom. The third-order valence-corrected chi connectivity index (χ3v) is 2.78. The predicted molar refractivity (Wildman–Crippen MR) is 68.3 cm³/mol. The monoisotopic (exact) mass is 223 g/mol. The number of rotatable bonds is 9. The number of nitrogens with one attached hydrogen (secondary N) is 1. The Labute approximate surface area is 99.2 Å². The average molecular weight is 223 g/mol. The van der Waals surface area contributed by atoms with E-state index in [1.54, 1.807) is 0 Å². The van der Waals surface area contributed by atoms with E-state index in [9.17, 15) is 0 Å². The second kappa shape index (κ2) is 8.34. The van der Waals surface area contributed by atoms with Gasteiger partial charge in [0.15, 0.2) is 0 Å². The fraction of sp³-hybridized carbons (Fsp3) is 0.769. The summed E-state index contributed by atoms with van der Waals surface area (Å²) in [7, 11) is 1.96. The third-order valence-electron chi connectivity index (χ3n) is 2.78. The Morgan fingerprint density at radius 1 is 1.19 bits per heavy atom. The number of unbranched alkanes of at least 4 members (excludes halogenated alkanes) is 5. The molecule has 0 aliphatic carbocycles. The molecule has 1 aromatic rings. The van der Waals surface area contributed by atoms with Crippen molar-refractivity contribution in [1.29, 1.82) is 0 Å². The van der Waals surface area contributed by atoms with Crippen LogP contribution in [0.1, 0.15) is 51.1 Å². The van der Waals surface area contributed by atoms with E-state index in [2.05, 4.69) is 23.4 Å². The molecule has 0 bridgehead atoms. The molecule has 1 heterocycles. The van der Waals surface area contributed by atoms with Crippen LogP contribution in [0, 0.1) is 0 Å². The molecule has 0 spiro atoms. The van der Waals surface area contributed by atoms with Crippen LogP contribution in [0.25, 0.3) is 0 Å². The maximum atomic E-state index is 4.32. The number of aryl methyl sites for hydroxylation is 1. The Balaban J connectivity index is 1.88. The maximum Gasteiger partial charge on any atom is 0.0762 e. The van der Waals surface area contributed by atoms with Crippen molar-refractivity contribution in [2.24, 2.45) is 7.05 Å². The second-order valence-electron chi connectivity index (χ2n) is 4.43. The normalized spacial score (nSPS) is 10.9. The van der Waals surface area contributed by atoms with E-state index in [1.165, 1.54) is 38.5 Å². The molecule has 0 aromatic carbocycles. The molecule has 0 aliphatic rings. The van der Waals surface area contributed by atoms with Crippen molar-refractivity contribution in [3.8, 4) is 0 Å². The minimum atomic E-state index is 0.899. The van der Waals surface area contributed by atoms with Gasteiger partial charge < -0.3 is 5.32 Å². The lowest BCUT2D eigenvalue weighted by Crippen LogP contribution is -2.15. The summed E-state index contributed by atoms with van der Waals surface area (Å²) in [6, 6.07) is 2.06. The molecule has 16 heavy (non-hydrogen) atoms. The predicted octanol–water partition coefficient (Wildman–Crippen LogP) is 2.87. The van der Waals surface area contributed by atoms with E-state index >= 15 is 0 Å². The van der Waals surface area contributed by atoms with Crippen molar-refractivity contribution in [3.05, 3.63) is 18.0 Å². The fourth-order valence-corrected chi connectivity index (χ4v) is 1.80. The molecule has 0 fully saturated rings. The highest BCUT2D eigenvalue weighted by Gasteiger charge is 1.95. The highest BCUT2D eigenvalue weighted by molar-refractivity contribution is 4.97. The smallest absolute Gasteiger partial charge is 0.0762 e. The largest absolute Gasteiger partial charge is 0.311 e. The molecule has 3 nitrogen and oxygen atoms in total. The molecule has 0 saturated carbocycles. The number of hydrogen-bond donors (Lipinski definition) is 1. The van der Waals surface area contributed by atoms with E-state index in [1.807, 2.05) is 17.9 Å². The van der Waals surface area contributed by atoms with Gasteiger partial charge in [-0.1, -0.05) is 39.0 Å². The summed E-state index contributed by atoms with van der Waals surface area (Å²) in [5.74, 6) is 0. The van der Waals surface area contributed by atoms with Crippen LogP contribution < -0.4 is 5.32 Å². The van der Waals surface area contributed by atoms with Crippen LogP contribution in [0.3, 0.4) is 0 Å². The molecule has 1 N–H and O–H groups in total. The Bertz CT molecular complexity index is 268. The van der Waals surface area contributed by atoms with Gasteiger partial charge in [-0.05, 0) is 19.0 Å². The molecule has 0 radical (unpaired) electrons. The summed E-state index contributed by atoms with van der Waals surface area (Å²) in [6.45, 7) is 4.27. The molecule has 0 unspecified atom stereocenters. The van der Waals surface area contributed by atoms with Crippen LogP contribution in [0.5, 0.6) is 0 Å². The molecule has 0 amide bonds. The third kappa shape index (κ3) is 5.91. The molecular weight excluding hydrogens is 198 g/mol. The summed E-state index contributed by atoms with van der Waals surface area (Å²) in [4.78, 5) is 0. The van der Waals surface area contributed by atoms with Crippen molar-refractivity contribution in [2.75, 3.05) is 6.54 Å². The molecule has 0 atom stereocenters. The Kier molecular flexibility index (Phi) is 6.90. The van der Waals surface area contributed by atoms with E-state index in [0.29, 0.717) is 0 Å². The summed E-state index contributed by atoms with van der Waals surface area (Å²) < 4.78 is 1.85. The lowest BCUT2D eigenvalue weighted by molar-refractivity contribution is 0.567. The van der Waals surface area contributed by atoms with E-state index in [-0.39, 0.29) is 0 Å². The van der Waals surface area contributed by atoms with Gasteiger partial charge >= 0.3 is 0 Å². The van der Waals surface area contributed by atoms with Crippen LogP contribution in [0.4, 0.5) is 0 Å². The SMILES string of the molecule is CCCCCCCCNCc1ccn(C)n1. The minimum Gasteiger partial charge on any atom is -0.311 e. The number of hydrogen-bond acceptors (Lipinski definition) is 2. The van der Waals surface area contributed by atoms with Gasteiger partial charge in [0.05, 0.1) is 5.69 Å². The molecule has 1 aromatic heterocycles. The fourth-order valence-electron chi connectivity index (χ4n) is 1.80. The number of aromatic nitrogens is 2. The maximum absolute atomic E-state index is 4.32. The lowest BCUT2D eigenvalue weighted by atomic mass is 10.1. The van der Waals surface area contributed by atoms with Crippen LogP contribution in [-0.4, -0.2) is 16.3 Å². The van der Waals surface area contributed by atoms with Crippen LogP contribution >= 0.6 is 0 Å². The van der Waals surface area contributed by atoms with E-state index in [4.69, 9.17) is 0 Å². The van der Waals surface area contributed by atoms with Gasteiger partial charge in [-0.2, -0.15) is 5.10 Å². The van der Waals surface area contributed by atoms with Crippen molar-refractivity contribution < 1.29 is 0 Å². The first-order valence-corrected chi connectivity index (χ1v) is 6.52. The van der Waals surface area contributed by atoms with Crippen LogP contribution in [0.2, 0.25) is 0 Å². The highest BCUT2D eigenvalue weighted by Crippen LogP contribution is 2.04. The molecular formula is C13H25N3. The Morgan fingerprint density at radius 3 is 2.62 bits per heavy atom. The van der Waals surface area contributed by atoms with Crippen molar-refractivity contribution in [1.82, 2.24) is 15.1 Å². The first kappa shape index (κ1) is 13.2. The molecule has 1 rings (SSSR count). The van der Waals surface area contributed by atoms with Gasteiger partial charge in [0, 0.05) is 19.8 Å². The van der Waals surface area contributed by atoms with Crippen molar-refractivity contribution in [3.63, 3.8) is 0 Å². The van der Waals surface area contributed by atoms with Crippen molar-refractivity contribution in [2.45, 2.75) is 52.0 Å². The topological polar surface area (TPSA) is 29.9 Å². The molecule has 0 aliphatic heterocycles. The van der Waals surface area contributed by atoms with Gasteiger partial charge in [0.2, 0.25) is 0 Å². The Hall–Kier alpha value is -0.830. The lowest BCUT2D eigenvalue weighted by Gasteiger charge is -2.02. The van der Waals surface area contributed by atoms with Crippen LogP contribution in [-0.2, 0) is 13.6 Å². The zero-order valence-electron chi connectivity index (χ0n) is 10.7. The highest BCUT2D eigenvalue weighted by atomic mass is 15.3. The van der Waals surface area contributed by atoms with Gasteiger partial charge in [-0.3, -0.25) is 4.68 Å². The first-order valence-electron chi connectivity index (χ1n) is 6.52. The summed E-state index contributed by atoms with van der Waals surface area (Å²) in [6.07, 6.45) is 10.1. The van der Waals surface area contributed by atoms with Gasteiger partial charge in [0.1, 0.15) is 0 Å². The quantitative estimate of drug-likeness (QED) is 0.652. The van der Waals surface area contributed by atoms with Crippen LogP contribution in [0.15, 0.2) is 12.3 Å². The zero-order chi connectivity index (χ0) is 11.6. The van der Waals surface area contributed by atoms with Gasteiger partial charge in [0.25, 0.3) is 0 Å². The molecule has 3 heteroatoms. The average Bonchev–Trinajstić information content (AvgIpc) is 2.68. The van der Waals surface area contributed by atoms with E-state index in [0.717, 1.165) is 18.8 Å². The molecule has 92 valence electrons. The standard InChI is InChI=1S/C13H25N3/c1-3-4-5-6-7-8-10-14-12-13-9-11-16(2)15-13/h9,11,14H,3-8,10,12H2,1-2H3. The summed E-state index contributed by atoms with van der Waals surface area (Å²) in [5.41, 5.74) is 1.13. The zero-order valence-corrected chi connectivity index (χ0v) is 10.7. The van der Waals surface area contributed by atoms with E-state index < -0.39 is 0 Å². The second-order valence-corrected chi connectivity index (χ2v) is 4.43. The first-order chi connectivity index (χ1) is 7.83. The molecule has 0 saturated heterocycles. The summed E-state index contributed by atoms with van der Waals surface area (Å²) >= 11 is 0. The van der Waals surface area contributed by atoms with Gasteiger partial charge in [-0.25, -0.2) is 0 Å². The van der Waals surface area contributed by atoms with Gasteiger partial charge in [-0.15, -0.1) is 0 Å². The van der Waals surface area contributed by atoms with Crippen molar-refractivity contribution >= 4 is 0 Å². The minimum absolute atomic E-state index is 0.899. The summed E-state index contributed by atoms with van der Waals surface area (Å²) in [5, 5.41) is 7.75. The number of nitrogens with zero attached hydrogens (tertiary/aromatic N) is 2.